The van der Waals surface area contributed by atoms with Crippen LogP contribution in [0.25, 0.3) is 37.7 Å². The van der Waals surface area contributed by atoms with E-state index in [2.05, 4.69) is 59.4 Å². The lowest BCUT2D eigenvalue weighted by atomic mass is 10.1. The molecular formula is C41H33ClN10O21S7. The molecule has 0 spiro atoms. The average Bonchev–Trinajstić information content (AvgIpc) is 3.96. The van der Waals surface area contributed by atoms with Crippen molar-refractivity contribution >= 4 is 159 Å². The number of pyridine rings is 1. The van der Waals surface area contributed by atoms with Gasteiger partial charge in [0, 0.05) is 17.0 Å². The number of hydrogen-bond acceptors (Lipinski definition) is 29. The Kier molecular flexibility index (Phi) is 18.7. The standard InChI is InChI=1S/C40H29ClN10O18S6.CH4O3S/c1-17-10-24(28(65-8-5-9-73(56,57)58)14-23(17)45-50-40-44-26-15-29(71-68-66-54)32(41)37(36(26)70-40)75(62,63)64)46-49-34-30(72-69-67-55)11-19-12-31(74(59,60)61)25(13-20(19)35(34)52)47-48-33-18(2)21(16-42)38-43-22-6-3-4-7-27(22)51(38)39(33)53;1-5(2,3)4/h3-4,6-7,10-15,52-55H,5,8-9H2,1-2H3,(H,56,57,58)(H,59,60,61)(H,62,63,64);1H3,(H,2,3,4). The van der Waals surface area contributed by atoms with Gasteiger partial charge in [0.15, 0.2) is 17.1 Å². The molecule has 3 aromatic heterocycles. The maximum atomic E-state index is 12.8. The predicted molar refractivity (Wildman–Crippen MR) is 283 cm³/mol. The highest BCUT2D eigenvalue weighted by molar-refractivity contribution is 7.95. The molecule has 3 heterocycles. The highest BCUT2D eigenvalue weighted by Crippen LogP contribution is 2.48. The molecule has 422 valence electrons. The number of phenols is 1. The first-order chi connectivity index (χ1) is 37.5. The molecule has 0 saturated carbocycles. The molecule has 0 bridgehead atoms. The maximum Gasteiger partial charge on any atom is 0.297 e. The van der Waals surface area contributed by atoms with Crippen LogP contribution in [0.4, 0.5) is 33.6 Å². The number of ether oxygens (including phenoxy) is 1. The summed E-state index contributed by atoms with van der Waals surface area (Å²) in [6.07, 6.45) is 0.483. The summed E-state index contributed by atoms with van der Waals surface area (Å²) >= 11 is 7.46. The number of aromatic nitrogens is 3. The molecule has 5 aromatic carbocycles. The van der Waals surface area contributed by atoms with Gasteiger partial charge in [-0.25, -0.2) is 20.5 Å². The highest BCUT2D eigenvalue weighted by atomic mass is 35.5. The Morgan fingerprint density at radius 2 is 1.40 bits per heavy atom. The number of aryl methyl sites for hydroxylation is 1. The van der Waals surface area contributed by atoms with Crippen molar-refractivity contribution in [2.24, 2.45) is 30.7 Å². The maximum absolute atomic E-state index is 12.8. The molecule has 0 unspecified atom stereocenters. The second-order valence-electron chi connectivity index (χ2n) is 15.8. The summed E-state index contributed by atoms with van der Waals surface area (Å²) in [7, 11) is -18.2. The summed E-state index contributed by atoms with van der Waals surface area (Å²) in [6.45, 7) is 2.65. The fourth-order valence-electron chi connectivity index (χ4n) is 7.14. The Morgan fingerprint density at radius 3 is 2.04 bits per heavy atom. The van der Waals surface area contributed by atoms with E-state index in [0.29, 0.717) is 46.2 Å². The number of fused-ring (bicyclic) bond motifs is 5. The van der Waals surface area contributed by atoms with Gasteiger partial charge in [0.2, 0.25) is 11.0 Å². The lowest BCUT2D eigenvalue weighted by Gasteiger charge is -2.13. The van der Waals surface area contributed by atoms with Crippen LogP contribution in [0.2, 0.25) is 5.02 Å². The molecular weight excluding hydrogens is 1230 g/mol. The zero-order chi connectivity index (χ0) is 58.6. The number of nitriles is 1. The molecule has 31 nitrogen and oxygen atoms in total. The van der Waals surface area contributed by atoms with Gasteiger partial charge in [-0.1, -0.05) is 45.1 Å². The molecule has 0 aliphatic carbocycles. The number of azo groups is 3. The molecule has 0 aliphatic heterocycles. The minimum Gasteiger partial charge on any atom is -0.505 e. The van der Waals surface area contributed by atoms with Gasteiger partial charge in [-0.2, -0.15) is 38.9 Å². The van der Waals surface area contributed by atoms with Crippen LogP contribution in [0.1, 0.15) is 23.1 Å². The van der Waals surface area contributed by atoms with Crippen molar-refractivity contribution < 1.29 is 96.1 Å². The number of halogens is 1. The number of rotatable bonds is 19. The molecule has 0 aliphatic rings. The number of thiazole rings is 1. The molecule has 0 atom stereocenters. The highest BCUT2D eigenvalue weighted by Gasteiger charge is 2.27. The SMILES string of the molecule is CS(=O)(=O)O.Cc1cc(N=Nc2c(SOOO)cc3cc(S(=O)(=O)O)c(N=Nc4c(C)c(C#N)c5nc6ccccc6n5c4O)cc3c2O)c(OCCCS(=O)(=O)O)cc1N=Nc1nc2cc(SOOO)c(Cl)c(S(=O)(=O)O)c2s1. The van der Waals surface area contributed by atoms with E-state index >= 15 is 0 Å². The van der Waals surface area contributed by atoms with Gasteiger partial charge in [-0.05, 0) is 73.7 Å². The Hall–Kier alpha value is -6.72. The zero-order valence-electron chi connectivity index (χ0n) is 40.0. The third kappa shape index (κ3) is 14.2. The summed E-state index contributed by atoms with van der Waals surface area (Å²) in [4.78, 5) is 6.78. The second-order valence-corrected chi connectivity index (χ2v) is 24.5. The average molecular weight is 1260 g/mol. The van der Waals surface area contributed by atoms with Gasteiger partial charge in [0.1, 0.15) is 44.2 Å². The van der Waals surface area contributed by atoms with Crippen LogP contribution in [0, 0.1) is 25.2 Å². The first-order valence-corrected chi connectivity index (χ1v) is 30.2. The number of aromatic hydroxyl groups is 2. The molecule has 0 fully saturated rings. The fraction of sp³-hybridized carbons (Fsp3) is 0.146. The van der Waals surface area contributed by atoms with Crippen LogP contribution < -0.4 is 4.74 Å². The van der Waals surface area contributed by atoms with Gasteiger partial charge in [-0.3, -0.25) is 22.6 Å². The van der Waals surface area contributed by atoms with E-state index in [1.54, 1.807) is 31.2 Å². The number of para-hydroxylation sites is 2. The van der Waals surface area contributed by atoms with E-state index in [1.165, 1.54) is 35.6 Å². The summed E-state index contributed by atoms with van der Waals surface area (Å²) in [5.74, 6) is -2.10. The van der Waals surface area contributed by atoms with Crippen molar-refractivity contribution in [2.75, 3.05) is 18.6 Å². The zero-order valence-corrected chi connectivity index (χ0v) is 46.5. The molecule has 8 N–H and O–H groups in total. The fourth-order valence-corrected chi connectivity index (χ4v) is 11.8. The Bertz CT molecular complexity index is 4400. The summed E-state index contributed by atoms with van der Waals surface area (Å²) in [6, 6.07) is 15.7. The normalized spacial score (nSPS) is 12.7. The number of imidazole rings is 1. The molecule has 39 heteroatoms. The van der Waals surface area contributed by atoms with Gasteiger partial charge in [-0.15, -0.1) is 39.4 Å². The van der Waals surface area contributed by atoms with Crippen molar-refractivity contribution in [3.8, 4) is 23.4 Å². The van der Waals surface area contributed by atoms with Crippen molar-refractivity contribution in [3.63, 3.8) is 0 Å². The van der Waals surface area contributed by atoms with Crippen molar-refractivity contribution in [2.45, 2.75) is 39.9 Å². The van der Waals surface area contributed by atoms with Crippen molar-refractivity contribution in [1.29, 1.82) is 5.26 Å². The van der Waals surface area contributed by atoms with Crippen LogP contribution >= 0.6 is 47.0 Å². The molecule has 0 radical (unpaired) electrons. The van der Waals surface area contributed by atoms with Crippen molar-refractivity contribution in [1.82, 2.24) is 14.4 Å². The quantitative estimate of drug-likeness (QED) is 0.00931. The minimum absolute atomic E-state index is 0.00618. The number of nitrogens with zero attached hydrogens (tertiary/aromatic N) is 10. The van der Waals surface area contributed by atoms with Gasteiger partial charge in [0.05, 0.1) is 84.5 Å². The summed E-state index contributed by atoms with van der Waals surface area (Å²) in [5, 5.41) is 82.2. The number of phenolic OH excluding ortho intramolecular Hbond substituents is 1. The number of hydrogen-bond donors (Lipinski definition) is 8. The topological polar surface area (TPSA) is 473 Å². The Balaban J connectivity index is 0.00000177. The van der Waals surface area contributed by atoms with Crippen molar-refractivity contribution in [3.05, 3.63) is 82.4 Å². The molecule has 80 heavy (non-hydrogen) atoms. The Labute approximate surface area is 466 Å². The van der Waals surface area contributed by atoms with E-state index in [0.717, 1.165) is 12.1 Å². The van der Waals surface area contributed by atoms with Crippen LogP contribution in [0.15, 0.2) is 111 Å². The first-order valence-electron chi connectivity index (χ1n) is 21.2. The van der Waals surface area contributed by atoms with E-state index in [4.69, 9.17) is 31.4 Å². The molecule has 8 aromatic rings. The van der Waals surface area contributed by atoms with Gasteiger partial charge < -0.3 is 14.9 Å². The van der Waals surface area contributed by atoms with Gasteiger partial charge in [0.25, 0.3) is 40.5 Å². The summed E-state index contributed by atoms with van der Waals surface area (Å²) in [5.41, 5.74) is 0.0000175. The predicted octanol–water partition coefficient (Wildman–Crippen LogP) is 10.6. The van der Waals surface area contributed by atoms with Gasteiger partial charge >= 0.3 is 0 Å². The summed E-state index contributed by atoms with van der Waals surface area (Å²) < 4.78 is 145. The lowest BCUT2D eigenvalue weighted by Crippen LogP contribution is -2.08. The largest absolute Gasteiger partial charge is 0.505 e. The number of benzene rings is 5. The van der Waals surface area contributed by atoms with E-state index in [-0.39, 0.29) is 101 Å². The van der Waals surface area contributed by atoms with E-state index < -0.39 is 84.0 Å². The first kappa shape index (κ1) is 60.9. The molecule has 0 saturated heterocycles. The molecule has 8 rings (SSSR count). The second kappa shape index (κ2) is 24.6. The van der Waals surface area contributed by atoms with Crippen LogP contribution in [-0.2, 0) is 59.2 Å². The minimum atomic E-state index is -5.13. The third-order valence-corrected chi connectivity index (χ3v) is 16.0. The van der Waals surface area contributed by atoms with Crippen LogP contribution in [-0.4, -0.2) is 106 Å². The van der Waals surface area contributed by atoms with E-state index in [9.17, 15) is 62.8 Å². The van der Waals surface area contributed by atoms with Crippen LogP contribution in [0.3, 0.4) is 0 Å². The molecule has 0 amide bonds. The lowest BCUT2D eigenvalue weighted by molar-refractivity contribution is -0.432. The van der Waals surface area contributed by atoms with E-state index in [1.807, 2.05) is 6.07 Å². The Morgan fingerprint density at radius 1 is 0.762 bits per heavy atom. The van der Waals surface area contributed by atoms with Crippen LogP contribution in [0.5, 0.6) is 17.4 Å². The monoisotopic (exact) mass is 1260 g/mol. The third-order valence-electron chi connectivity index (χ3n) is 10.4. The smallest absolute Gasteiger partial charge is 0.297 e.